The fraction of sp³-hybridized carbons (Fsp3) is 0.417. The van der Waals surface area contributed by atoms with Crippen LogP contribution in [0.1, 0.15) is 43.2 Å². The van der Waals surface area contributed by atoms with Crippen molar-refractivity contribution in [3.05, 3.63) is 65.5 Å². The molecule has 0 aromatic heterocycles. The van der Waals surface area contributed by atoms with E-state index in [0.717, 1.165) is 48.3 Å². The largest absolute Gasteiger partial charge is 0.497 e. The molecule has 2 aromatic rings. The number of hydrogen-bond donors (Lipinski definition) is 0. The van der Waals surface area contributed by atoms with Gasteiger partial charge >= 0.3 is 0 Å². The zero-order valence-corrected chi connectivity index (χ0v) is 17.2. The van der Waals surface area contributed by atoms with Crippen molar-refractivity contribution in [2.75, 3.05) is 13.7 Å². The van der Waals surface area contributed by atoms with Gasteiger partial charge in [-0.3, -0.25) is 4.79 Å². The van der Waals surface area contributed by atoms with E-state index in [2.05, 4.69) is 5.16 Å². The Morgan fingerprint density at radius 3 is 2.50 bits per heavy atom. The van der Waals surface area contributed by atoms with E-state index in [9.17, 15) is 9.18 Å². The summed E-state index contributed by atoms with van der Waals surface area (Å²) in [5.41, 5.74) is 2.78. The molecule has 2 aromatic carbocycles. The number of benzene rings is 2. The first-order valence-corrected chi connectivity index (χ1v) is 10.5. The quantitative estimate of drug-likeness (QED) is 0.673. The molecule has 0 N–H and O–H groups in total. The highest BCUT2D eigenvalue weighted by Crippen LogP contribution is 2.28. The first-order chi connectivity index (χ1) is 14.6. The number of carbonyl (C=O) groups excluding carboxylic acids is 1. The van der Waals surface area contributed by atoms with Crippen LogP contribution in [0.5, 0.6) is 5.75 Å². The van der Waals surface area contributed by atoms with E-state index in [1.807, 2.05) is 29.2 Å². The number of carbonyl (C=O) groups is 1. The van der Waals surface area contributed by atoms with Crippen LogP contribution in [0, 0.1) is 11.7 Å². The van der Waals surface area contributed by atoms with Gasteiger partial charge in [0.25, 0.3) is 0 Å². The molecular formula is C24H27FN2O3. The van der Waals surface area contributed by atoms with Gasteiger partial charge in [-0.15, -0.1) is 0 Å². The lowest BCUT2D eigenvalue weighted by Crippen LogP contribution is -2.40. The van der Waals surface area contributed by atoms with Crippen LogP contribution >= 0.6 is 0 Å². The Morgan fingerprint density at radius 2 is 1.83 bits per heavy atom. The fourth-order valence-electron chi connectivity index (χ4n) is 4.20. The maximum Gasteiger partial charge on any atom is 0.226 e. The van der Waals surface area contributed by atoms with Gasteiger partial charge in [-0.2, -0.15) is 0 Å². The van der Waals surface area contributed by atoms with Crippen molar-refractivity contribution in [3.8, 4) is 5.75 Å². The summed E-state index contributed by atoms with van der Waals surface area (Å²) in [6.07, 6.45) is 4.55. The van der Waals surface area contributed by atoms with Crippen molar-refractivity contribution < 1.29 is 18.8 Å². The molecule has 0 radical (unpaired) electrons. The summed E-state index contributed by atoms with van der Waals surface area (Å²) in [5, 5.41) is 4.26. The molecule has 2 aliphatic rings. The molecule has 1 saturated carbocycles. The first kappa shape index (κ1) is 20.4. The Hall–Kier alpha value is -2.89. The smallest absolute Gasteiger partial charge is 0.226 e. The van der Waals surface area contributed by atoms with E-state index < -0.39 is 0 Å². The molecule has 6 heteroatoms. The van der Waals surface area contributed by atoms with Crippen molar-refractivity contribution in [2.45, 2.75) is 44.8 Å². The van der Waals surface area contributed by atoms with E-state index in [0.29, 0.717) is 19.5 Å². The molecule has 1 heterocycles. The Kier molecular flexibility index (Phi) is 6.31. The summed E-state index contributed by atoms with van der Waals surface area (Å²) < 4.78 is 18.5. The zero-order chi connectivity index (χ0) is 20.9. The molecule has 0 saturated heterocycles. The molecule has 1 aliphatic carbocycles. The number of amides is 1. The van der Waals surface area contributed by atoms with Crippen LogP contribution in [-0.4, -0.2) is 36.3 Å². The first-order valence-electron chi connectivity index (χ1n) is 10.5. The van der Waals surface area contributed by atoms with Crippen LogP contribution in [-0.2, 0) is 16.2 Å². The predicted octanol–water partition coefficient (Wildman–Crippen LogP) is 4.55. The SMILES string of the molecule is COc1ccc(C2=NO[C@@H](CN(Cc3ccc(F)cc3)C(=O)C3CCCC3)C2)cc1. The lowest BCUT2D eigenvalue weighted by Gasteiger charge is -2.27. The lowest BCUT2D eigenvalue weighted by atomic mass is 10.0. The summed E-state index contributed by atoms with van der Waals surface area (Å²) in [4.78, 5) is 20.7. The Morgan fingerprint density at radius 1 is 1.13 bits per heavy atom. The molecule has 1 atom stereocenters. The maximum atomic E-state index is 13.3. The van der Waals surface area contributed by atoms with Crippen LogP contribution < -0.4 is 4.74 Å². The number of halogens is 1. The van der Waals surface area contributed by atoms with Crippen LogP contribution in [0.25, 0.3) is 0 Å². The Labute approximate surface area is 176 Å². The van der Waals surface area contributed by atoms with Gasteiger partial charge in [-0.1, -0.05) is 30.1 Å². The van der Waals surface area contributed by atoms with Gasteiger partial charge in [-0.25, -0.2) is 4.39 Å². The molecular weight excluding hydrogens is 383 g/mol. The fourth-order valence-corrected chi connectivity index (χ4v) is 4.20. The number of hydrogen-bond acceptors (Lipinski definition) is 4. The summed E-state index contributed by atoms with van der Waals surface area (Å²) in [7, 11) is 1.64. The number of rotatable bonds is 7. The summed E-state index contributed by atoms with van der Waals surface area (Å²) in [5.74, 6) is 0.763. The average Bonchev–Trinajstić information content (AvgIpc) is 3.47. The Balaban J connectivity index is 1.43. The van der Waals surface area contributed by atoms with Gasteiger partial charge in [0, 0.05) is 18.9 Å². The van der Waals surface area contributed by atoms with Gasteiger partial charge in [0.1, 0.15) is 11.6 Å². The molecule has 1 fully saturated rings. The Bertz CT molecular complexity index is 890. The minimum Gasteiger partial charge on any atom is -0.497 e. The number of oxime groups is 1. The average molecular weight is 410 g/mol. The van der Waals surface area contributed by atoms with Crippen LogP contribution in [0.15, 0.2) is 53.7 Å². The highest BCUT2D eigenvalue weighted by Gasteiger charge is 2.31. The molecule has 0 unspecified atom stereocenters. The molecule has 30 heavy (non-hydrogen) atoms. The monoisotopic (exact) mass is 410 g/mol. The molecule has 158 valence electrons. The molecule has 0 bridgehead atoms. The van der Waals surface area contributed by atoms with Crippen molar-refractivity contribution in [1.82, 2.24) is 4.90 Å². The molecule has 5 nitrogen and oxygen atoms in total. The number of methoxy groups -OCH3 is 1. The third kappa shape index (κ3) is 4.81. The van der Waals surface area contributed by atoms with Crippen molar-refractivity contribution in [2.24, 2.45) is 11.1 Å². The zero-order valence-electron chi connectivity index (χ0n) is 17.2. The van der Waals surface area contributed by atoms with Crippen molar-refractivity contribution in [3.63, 3.8) is 0 Å². The maximum absolute atomic E-state index is 13.3. The summed E-state index contributed by atoms with van der Waals surface area (Å²) >= 11 is 0. The van der Waals surface area contributed by atoms with E-state index >= 15 is 0 Å². The second-order valence-corrected chi connectivity index (χ2v) is 8.02. The van der Waals surface area contributed by atoms with Crippen LogP contribution in [0.3, 0.4) is 0 Å². The van der Waals surface area contributed by atoms with E-state index in [-0.39, 0.29) is 23.7 Å². The third-order valence-electron chi connectivity index (χ3n) is 5.88. The minimum absolute atomic E-state index is 0.0776. The topological polar surface area (TPSA) is 51.1 Å². The van der Waals surface area contributed by atoms with Crippen LogP contribution in [0.4, 0.5) is 4.39 Å². The van der Waals surface area contributed by atoms with Gasteiger partial charge in [-0.05, 0) is 60.4 Å². The highest BCUT2D eigenvalue weighted by molar-refractivity contribution is 6.01. The minimum atomic E-state index is -0.274. The van der Waals surface area contributed by atoms with E-state index in [4.69, 9.17) is 9.57 Å². The predicted molar refractivity (Wildman–Crippen MR) is 113 cm³/mol. The standard InChI is InChI=1S/C24H27FN2O3/c1-29-21-12-8-18(9-13-21)23-14-22(30-26-23)16-27(24(28)19-4-2-3-5-19)15-17-6-10-20(25)11-7-17/h6-13,19,22H,2-5,14-16H2,1H3/t22-/m1/s1. The lowest BCUT2D eigenvalue weighted by molar-refractivity contribution is -0.137. The van der Waals surface area contributed by atoms with Gasteiger partial charge in [0.05, 0.1) is 19.4 Å². The molecule has 0 spiro atoms. The highest BCUT2D eigenvalue weighted by atomic mass is 19.1. The summed E-state index contributed by atoms with van der Waals surface area (Å²) in [6.45, 7) is 0.920. The van der Waals surface area contributed by atoms with Crippen molar-refractivity contribution >= 4 is 11.6 Å². The number of nitrogens with zero attached hydrogens (tertiary/aromatic N) is 2. The third-order valence-corrected chi connectivity index (χ3v) is 5.88. The normalized spacial score (nSPS) is 18.7. The van der Waals surface area contributed by atoms with E-state index in [1.54, 1.807) is 19.2 Å². The van der Waals surface area contributed by atoms with Gasteiger partial charge < -0.3 is 14.5 Å². The summed E-state index contributed by atoms with van der Waals surface area (Å²) in [6, 6.07) is 14.1. The second-order valence-electron chi connectivity index (χ2n) is 8.02. The van der Waals surface area contributed by atoms with Gasteiger partial charge in [0.15, 0.2) is 6.10 Å². The molecule has 4 rings (SSSR count). The van der Waals surface area contributed by atoms with E-state index in [1.165, 1.54) is 12.1 Å². The molecule has 1 aliphatic heterocycles. The van der Waals surface area contributed by atoms with Gasteiger partial charge in [0.2, 0.25) is 5.91 Å². The second kappa shape index (κ2) is 9.28. The molecule has 1 amide bonds. The van der Waals surface area contributed by atoms with Crippen LogP contribution in [0.2, 0.25) is 0 Å². The number of ether oxygens (including phenoxy) is 1. The van der Waals surface area contributed by atoms with Crippen molar-refractivity contribution in [1.29, 1.82) is 0 Å².